The fraction of sp³-hybridized carbons (Fsp3) is 0.364. The van der Waals surface area contributed by atoms with Crippen molar-refractivity contribution in [3.05, 3.63) is 183 Å². The fourth-order valence-electron chi connectivity index (χ4n) is 17.0. The SMILES string of the molecule is CC#Cc1c2cc3ccc4cc5c(C#CC)c6cc7c(=O)n(-c8c(C(C)C)cc(O)cc8C(C)C)c(=O)c7cc6c(C#C[Si](C(C)C)(C(C)C)C(C)C)c5cc4ccc3cc2c(C#C[Si](C(C)C)(C(C)C)C(C)C)c2cc3c(=O)n(-c4c(C(C)C)cc(O)cc4C(C)C)c(=O)c3cc12. The van der Waals surface area contributed by atoms with E-state index in [9.17, 15) is 10.2 Å². The summed E-state index contributed by atoms with van der Waals surface area (Å²) >= 11 is 0. The second-order valence-corrected chi connectivity index (χ2v) is 41.8. The van der Waals surface area contributed by atoms with Crippen LogP contribution in [0.15, 0.2) is 116 Å². The van der Waals surface area contributed by atoms with Gasteiger partial charge in [0.25, 0.3) is 22.2 Å². The summed E-state index contributed by atoms with van der Waals surface area (Å²) in [5.74, 6) is 21.0. The molecule has 0 spiro atoms. The molecule has 0 aliphatic heterocycles. The summed E-state index contributed by atoms with van der Waals surface area (Å²) < 4.78 is 2.67. The molecular formula is C88H94N2O6Si2. The maximum Gasteiger partial charge on any atom is 0.266 e. The van der Waals surface area contributed by atoms with Crippen molar-refractivity contribution in [2.24, 2.45) is 0 Å². The molecule has 2 N–H and O–H groups in total. The Labute approximate surface area is 579 Å². The van der Waals surface area contributed by atoms with Crippen molar-refractivity contribution in [1.82, 2.24) is 9.13 Å². The van der Waals surface area contributed by atoms with Crippen LogP contribution in [0.2, 0.25) is 33.2 Å². The average molecular weight is 1330 g/mol. The number of hydrogen-bond acceptors (Lipinski definition) is 6. The number of aromatic hydroxyl groups is 2. The van der Waals surface area contributed by atoms with Crippen LogP contribution in [0.3, 0.4) is 0 Å². The molecular weight excluding hydrogens is 1240 g/mol. The van der Waals surface area contributed by atoms with Gasteiger partial charge in [0, 0.05) is 43.8 Å². The largest absolute Gasteiger partial charge is 0.508 e. The second-order valence-electron chi connectivity index (χ2n) is 30.6. The topological polar surface area (TPSA) is 119 Å². The van der Waals surface area contributed by atoms with Crippen molar-refractivity contribution in [2.45, 2.75) is 209 Å². The lowest BCUT2D eigenvalue weighted by atomic mass is 9.88. The molecule has 0 radical (unpaired) electrons. The summed E-state index contributed by atoms with van der Waals surface area (Å²) in [4.78, 5) is 61.1. The van der Waals surface area contributed by atoms with Crippen LogP contribution in [-0.2, 0) is 0 Å². The van der Waals surface area contributed by atoms with E-state index in [1.165, 1.54) is 9.13 Å². The van der Waals surface area contributed by atoms with E-state index in [0.717, 1.165) is 86.9 Å². The molecule has 0 bridgehead atoms. The van der Waals surface area contributed by atoms with E-state index < -0.39 is 38.4 Å². The van der Waals surface area contributed by atoms with E-state index in [4.69, 9.17) is 0 Å². The molecule has 98 heavy (non-hydrogen) atoms. The van der Waals surface area contributed by atoms with Crippen LogP contribution in [0.5, 0.6) is 11.5 Å². The maximum atomic E-state index is 15.3. The predicted molar refractivity (Wildman–Crippen MR) is 422 cm³/mol. The molecule has 0 fully saturated rings. The minimum atomic E-state index is -2.39. The van der Waals surface area contributed by atoms with Crippen LogP contribution >= 0.6 is 0 Å². The van der Waals surface area contributed by atoms with Crippen molar-refractivity contribution >= 4 is 102 Å². The van der Waals surface area contributed by atoms with Gasteiger partial charge in [0.1, 0.15) is 27.6 Å². The number of nitrogens with zero attached hydrogens (tertiary/aromatic N) is 2. The lowest BCUT2D eigenvalue weighted by Crippen LogP contribution is -2.43. The third-order valence-corrected chi connectivity index (χ3v) is 34.4. The van der Waals surface area contributed by atoms with Crippen molar-refractivity contribution in [1.29, 1.82) is 0 Å². The van der Waals surface area contributed by atoms with Crippen LogP contribution in [-0.4, -0.2) is 35.5 Å². The second kappa shape index (κ2) is 26.3. The average Bonchev–Trinajstić information content (AvgIpc) is 1.42. The summed E-state index contributed by atoms with van der Waals surface area (Å²) in [5.41, 5.74) is 15.4. The molecule has 2 aromatic heterocycles. The molecule has 0 unspecified atom stereocenters. The number of hydrogen-bond donors (Lipinski definition) is 2. The van der Waals surface area contributed by atoms with E-state index in [1.54, 1.807) is 24.3 Å². The molecule has 9 aromatic carbocycles. The van der Waals surface area contributed by atoms with Gasteiger partial charge >= 0.3 is 0 Å². The van der Waals surface area contributed by atoms with Gasteiger partial charge < -0.3 is 10.2 Å². The Morgan fingerprint density at radius 1 is 0.296 bits per heavy atom. The molecule has 0 saturated heterocycles. The summed E-state index contributed by atoms with van der Waals surface area (Å²) in [6.07, 6.45) is 0. The predicted octanol–water partition coefficient (Wildman–Crippen LogP) is 21.2. The van der Waals surface area contributed by atoms with Crippen molar-refractivity contribution in [2.75, 3.05) is 0 Å². The first-order valence-electron chi connectivity index (χ1n) is 35.3. The Morgan fingerprint density at radius 2 is 0.500 bits per heavy atom. The Morgan fingerprint density at radius 3 is 0.694 bits per heavy atom. The van der Waals surface area contributed by atoms with Gasteiger partial charge in [-0.25, -0.2) is 9.13 Å². The molecule has 8 nitrogen and oxygen atoms in total. The molecule has 0 aliphatic rings. The first-order chi connectivity index (χ1) is 46.3. The lowest BCUT2D eigenvalue weighted by Gasteiger charge is -2.38. The monoisotopic (exact) mass is 1330 g/mol. The Kier molecular flexibility index (Phi) is 18.8. The van der Waals surface area contributed by atoms with E-state index in [-0.39, 0.29) is 35.2 Å². The molecule has 0 amide bonds. The van der Waals surface area contributed by atoms with Gasteiger partial charge in [0.15, 0.2) is 0 Å². The maximum absolute atomic E-state index is 15.3. The van der Waals surface area contributed by atoms with E-state index in [0.29, 0.717) is 88.4 Å². The summed E-state index contributed by atoms with van der Waals surface area (Å²) in [6.45, 7) is 47.4. The zero-order chi connectivity index (χ0) is 71.4. The summed E-state index contributed by atoms with van der Waals surface area (Å²) in [5, 5.41) is 33.5. The molecule has 11 aromatic rings. The number of aromatic nitrogens is 2. The van der Waals surface area contributed by atoms with E-state index in [2.05, 4.69) is 178 Å². The van der Waals surface area contributed by atoms with Crippen molar-refractivity contribution in [3.63, 3.8) is 0 Å². The number of phenolic OH excluding ortho intramolecular Hbond substituents is 2. The summed E-state index contributed by atoms with van der Waals surface area (Å²) in [7, 11) is -4.78. The minimum absolute atomic E-state index is 0.0892. The molecule has 0 saturated carbocycles. The molecule has 2 heterocycles. The van der Waals surface area contributed by atoms with Gasteiger partial charge in [-0.2, -0.15) is 0 Å². The normalized spacial score (nSPS) is 12.4. The highest BCUT2D eigenvalue weighted by Crippen LogP contribution is 2.46. The van der Waals surface area contributed by atoms with Crippen LogP contribution in [0, 0.1) is 46.6 Å². The van der Waals surface area contributed by atoms with Crippen LogP contribution in [0.25, 0.3) is 97.6 Å². The quantitative estimate of drug-likeness (QED) is 0.0715. The first-order valence-corrected chi connectivity index (χ1v) is 39.8. The molecule has 0 atom stereocenters. The smallest absolute Gasteiger partial charge is 0.266 e. The van der Waals surface area contributed by atoms with Gasteiger partial charge in [-0.1, -0.05) is 186 Å². The number of rotatable bonds is 12. The molecule has 500 valence electrons. The van der Waals surface area contributed by atoms with Crippen molar-refractivity contribution < 1.29 is 10.2 Å². The van der Waals surface area contributed by atoms with Crippen LogP contribution in [0.1, 0.15) is 221 Å². The van der Waals surface area contributed by atoms with Gasteiger partial charge in [-0.15, -0.1) is 22.9 Å². The van der Waals surface area contributed by atoms with Gasteiger partial charge in [-0.3, -0.25) is 19.2 Å². The minimum Gasteiger partial charge on any atom is -0.508 e. The van der Waals surface area contributed by atoms with Crippen LogP contribution < -0.4 is 22.2 Å². The Balaban J connectivity index is 1.28. The molecule has 11 rings (SSSR count). The molecule has 0 aliphatic carbocycles. The van der Waals surface area contributed by atoms with E-state index in [1.807, 2.05) is 93.5 Å². The first kappa shape index (κ1) is 70.2. The van der Waals surface area contributed by atoms with Crippen LogP contribution in [0.4, 0.5) is 0 Å². The number of phenols is 2. The highest BCUT2D eigenvalue weighted by Gasteiger charge is 2.43. The van der Waals surface area contributed by atoms with Gasteiger partial charge in [0.05, 0.1) is 32.9 Å². The fourth-order valence-corrected chi connectivity index (χ4v) is 27.4. The lowest BCUT2D eigenvalue weighted by molar-refractivity contribution is 0.472. The molecule has 10 heteroatoms. The third-order valence-electron chi connectivity index (χ3n) is 21.8. The zero-order valence-corrected chi connectivity index (χ0v) is 63.4. The standard InChI is InChI=1S/C88H94N2O6Si2/c1-23-25-63-71-35-57-27-28-58-36-72-64(26-24-2)76-44-80-82(88(96)90(86(80)94)84-69(49(7)8)41-62(92)42-70(84)50(9)10)46-78(76)66(32-34-98(54(17)18,55(19)20)56(21)22)74(72)38-60(58)30-29-59(57)37-73(71)65(31-33-97(51(11)12,52(13)14)53(15)16)77-45-81-79(43-75(63)77)85(93)89(87(81)95)83-67(47(3)4)39-61(91)40-68(83)48(5)6/h27-30,35-56,91-92H,1-22H3. The number of fused-ring (bicyclic) bond motifs is 8. The van der Waals surface area contributed by atoms with Crippen molar-refractivity contribution in [3.8, 4) is 69.5 Å². The highest BCUT2D eigenvalue weighted by atomic mass is 28.3. The Hall–Kier alpha value is -9.17. The van der Waals surface area contributed by atoms with E-state index >= 15 is 19.2 Å². The summed E-state index contributed by atoms with van der Waals surface area (Å²) in [6, 6.07) is 31.7. The Bertz CT molecular complexity index is 5280. The zero-order valence-electron chi connectivity index (χ0n) is 61.4. The van der Waals surface area contributed by atoms with Gasteiger partial charge in [-0.05, 0) is 209 Å². The number of benzene rings is 8. The third kappa shape index (κ3) is 11.2. The highest BCUT2D eigenvalue weighted by molar-refractivity contribution is 6.91. The van der Waals surface area contributed by atoms with Gasteiger partial charge in [0.2, 0.25) is 0 Å².